The number of pyridine rings is 1. The molecule has 1 aromatic carbocycles. The maximum Gasteiger partial charge on any atom is 0.416 e. The van der Waals surface area contributed by atoms with Gasteiger partial charge in [-0.2, -0.15) is 23.4 Å². The molecular formula is C15H10F3N5. The zero-order valence-electron chi connectivity index (χ0n) is 11.9. The van der Waals surface area contributed by atoms with Gasteiger partial charge < -0.3 is 0 Å². The number of benzene rings is 1. The number of rotatable bonds is 1. The Morgan fingerprint density at radius 2 is 1.96 bits per heavy atom. The van der Waals surface area contributed by atoms with Gasteiger partial charge in [-0.05, 0) is 36.8 Å². The molecule has 0 unspecified atom stereocenters. The Bertz CT molecular complexity index is 1030. The number of H-pyrrole nitrogens is 1. The molecular weight excluding hydrogens is 307 g/mol. The molecule has 4 aromatic rings. The lowest BCUT2D eigenvalue weighted by molar-refractivity contribution is -0.137. The zero-order valence-corrected chi connectivity index (χ0v) is 11.9. The van der Waals surface area contributed by atoms with Crippen molar-refractivity contribution in [1.82, 2.24) is 24.8 Å². The van der Waals surface area contributed by atoms with Crippen LogP contribution in [0.5, 0.6) is 0 Å². The minimum absolute atomic E-state index is 0.341. The lowest BCUT2D eigenvalue weighted by atomic mass is 9.98. The molecule has 0 radical (unpaired) electrons. The van der Waals surface area contributed by atoms with Crippen LogP contribution in [-0.2, 0) is 6.18 Å². The molecule has 0 amide bonds. The molecule has 1 N–H and O–H groups in total. The van der Waals surface area contributed by atoms with E-state index in [1.165, 1.54) is 12.5 Å². The van der Waals surface area contributed by atoms with E-state index in [4.69, 9.17) is 0 Å². The van der Waals surface area contributed by atoms with Gasteiger partial charge in [0.1, 0.15) is 6.33 Å². The highest BCUT2D eigenvalue weighted by molar-refractivity contribution is 5.95. The van der Waals surface area contributed by atoms with Crippen LogP contribution in [0.15, 0.2) is 36.8 Å². The van der Waals surface area contributed by atoms with Crippen LogP contribution in [0.1, 0.15) is 11.3 Å². The molecule has 0 saturated heterocycles. The van der Waals surface area contributed by atoms with Crippen molar-refractivity contribution in [2.24, 2.45) is 0 Å². The Labute approximate surface area is 127 Å². The quantitative estimate of drug-likeness (QED) is 0.583. The highest BCUT2D eigenvalue weighted by Crippen LogP contribution is 2.37. The van der Waals surface area contributed by atoms with Crippen LogP contribution in [-0.4, -0.2) is 24.8 Å². The van der Waals surface area contributed by atoms with Crippen molar-refractivity contribution in [2.75, 3.05) is 0 Å². The molecule has 0 bridgehead atoms. The summed E-state index contributed by atoms with van der Waals surface area (Å²) in [6.45, 7) is 1.79. The van der Waals surface area contributed by atoms with Crippen molar-refractivity contribution in [2.45, 2.75) is 13.1 Å². The summed E-state index contributed by atoms with van der Waals surface area (Å²) in [5.41, 5.74) is 2.08. The maximum absolute atomic E-state index is 13.2. The normalized spacial score (nSPS) is 12.3. The summed E-state index contributed by atoms with van der Waals surface area (Å²) in [5.74, 6) is 0. The molecule has 8 heteroatoms. The fourth-order valence-electron chi connectivity index (χ4n) is 2.74. The SMILES string of the molecule is Cc1c(-c2cc(C(F)(F)F)cc3[nH]ncc23)ccc2ncnn12. The Morgan fingerprint density at radius 3 is 2.74 bits per heavy atom. The number of aromatic nitrogens is 5. The third-order valence-electron chi connectivity index (χ3n) is 3.86. The molecule has 0 spiro atoms. The average molecular weight is 317 g/mol. The first kappa shape index (κ1) is 13.7. The van der Waals surface area contributed by atoms with Crippen molar-refractivity contribution >= 4 is 16.6 Å². The van der Waals surface area contributed by atoms with E-state index in [0.29, 0.717) is 33.4 Å². The highest BCUT2D eigenvalue weighted by Gasteiger charge is 2.32. The van der Waals surface area contributed by atoms with Crippen molar-refractivity contribution in [3.05, 3.63) is 48.0 Å². The predicted octanol–water partition coefficient (Wildman–Crippen LogP) is 3.60. The smallest absolute Gasteiger partial charge is 0.278 e. The molecule has 0 fully saturated rings. The van der Waals surface area contributed by atoms with Crippen LogP contribution in [0.3, 0.4) is 0 Å². The largest absolute Gasteiger partial charge is 0.416 e. The van der Waals surface area contributed by atoms with Gasteiger partial charge >= 0.3 is 6.18 Å². The Kier molecular flexibility index (Phi) is 2.72. The van der Waals surface area contributed by atoms with Gasteiger partial charge in [-0.3, -0.25) is 5.10 Å². The zero-order chi connectivity index (χ0) is 16.2. The number of hydrogen-bond donors (Lipinski definition) is 1. The summed E-state index contributed by atoms with van der Waals surface area (Å²) < 4.78 is 41.1. The molecule has 3 aromatic heterocycles. The Hall–Kier alpha value is -2.90. The number of hydrogen-bond acceptors (Lipinski definition) is 3. The number of halogens is 3. The van der Waals surface area contributed by atoms with Crippen LogP contribution in [0.4, 0.5) is 13.2 Å². The van der Waals surface area contributed by atoms with E-state index in [0.717, 1.165) is 12.1 Å². The number of nitrogens with zero attached hydrogens (tertiary/aromatic N) is 4. The van der Waals surface area contributed by atoms with Crippen LogP contribution in [0.25, 0.3) is 27.7 Å². The summed E-state index contributed by atoms with van der Waals surface area (Å²) >= 11 is 0. The van der Waals surface area contributed by atoms with Gasteiger partial charge in [0, 0.05) is 16.6 Å². The number of aromatic amines is 1. The standard InChI is InChI=1S/C15H10F3N5/c1-8-10(2-3-14-19-7-21-23(8)14)11-4-9(15(16,17)18)5-13-12(11)6-20-22-13/h2-7H,1H3,(H,20,22). The molecule has 0 aliphatic carbocycles. The summed E-state index contributed by atoms with van der Waals surface area (Å²) in [6, 6.07) is 5.68. The maximum atomic E-state index is 13.2. The number of aryl methyl sites for hydroxylation is 1. The van der Waals surface area contributed by atoms with E-state index in [9.17, 15) is 13.2 Å². The fourth-order valence-corrected chi connectivity index (χ4v) is 2.74. The van der Waals surface area contributed by atoms with Gasteiger partial charge in [0.2, 0.25) is 0 Å². The van der Waals surface area contributed by atoms with E-state index in [1.807, 2.05) is 0 Å². The number of fused-ring (bicyclic) bond motifs is 2. The first-order valence-corrected chi connectivity index (χ1v) is 6.79. The monoisotopic (exact) mass is 317 g/mol. The van der Waals surface area contributed by atoms with E-state index < -0.39 is 11.7 Å². The summed E-state index contributed by atoms with van der Waals surface area (Å²) in [6.07, 6.45) is -1.50. The lowest BCUT2D eigenvalue weighted by Gasteiger charge is -2.12. The molecule has 0 saturated carbocycles. The Balaban J connectivity index is 2.06. The van der Waals surface area contributed by atoms with Gasteiger partial charge in [0.05, 0.1) is 17.3 Å². The minimum Gasteiger partial charge on any atom is -0.278 e. The number of nitrogens with one attached hydrogen (secondary N) is 1. The van der Waals surface area contributed by atoms with Gasteiger partial charge in [-0.25, -0.2) is 9.50 Å². The Morgan fingerprint density at radius 1 is 1.13 bits per heavy atom. The van der Waals surface area contributed by atoms with E-state index >= 15 is 0 Å². The predicted molar refractivity (Wildman–Crippen MR) is 77.8 cm³/mol. The molecule has 0 aliphatic heterocycles. The molecule has 4 rings (SSSR count). The van der Waals surface area contributed by atoms with Crippen molar-refractivity contribution in [1.29, 1.82) is 0 Å². The van der Waals surface area contributed by atoms with Crippen LogP contribution < -0.4 is 0 Å². The summed E-state index contributed by atoms with van der Waals surface area (Å²) in [4.78, 5) is 4.08. The second-order valence-electron chi connectivity index (χ2n) is 5.22. The van der Waals surface area contributed by atoms with Crippen LogP contribution >= 0.6 is 0 Å². The first-order chi connectivity index (χ1) is 10.9. The van der Waals surface area contributed by atoms with Crippen molar-refractivity contribution in [3.8, 4) is 11.1 Å². The highest BCUT2D eigenvalue weighted by atomic mass is 19.4. The number of alkyl halides is 3. The molecule has 0 atom stereocenters. The van der Waals surface area contributed by atoms with Crippen LogP contribution in [0, 0.1) is 6.92 Å². The summed E-state index contributed by atoms with van der Waals surface area (Å²) in [7, 11) is 0. The summed E-state index contributed by atoms with van der Waals surface area (Å²) in [5, 5.41) is 11.2. The first-order valence-electron chi connectivity index (χ1n) is 6.79. The molecule has 0 aliphatic rings. The molecule has 3 heterocycles. The average Bonchev–Trinajstić information content (AvgIpc) is 3.14. The van der Waals surface area contributed by atoms with E-state index in [1.54, 1.807) is 23.6 Å². The van der Waals surface area contributed by atoms with Crippen LogP contribution in [0.2, 0.25) is 0 Å². The van der Waals surface area contributed by atoms with Gasteiger partial charge in [0.15, 0.2) is 5.65 Å². The molecule has 23 heavy (non-hydrogen) atoms. The van der Waals surface area contributed by atoms with E-state index in [-0.39, 0.29) is 0 Å². The topological polar surface area (TPSA) is 58.9 Å². The third-order valence-corrected chi connectivity index (χ3v) is 3.86. The lowest BCUT2D eigenvalue weighted by Crippen LogP contribution is -2.05. The third kappa shape index (κ3) is 2.06. The van der Waals surface area contributed by atoms with E-state index in [2.05, 4.69) is 20.3 Å². The van der Waals surface area contributed by atoms with Gasteiger partial charge in [-0.1, -0.05) is 0 Å². The van der Waals surface area contributed by atoms with Gasteiger partial charge in [-0.15, -0.1) is 0 Å². The second kappa shape index (κ2) is 4.55. The van der Waals surface area contributed by atoms with Gasteiger partial charge in [0.25, 0.3) is 0 Å². The fraction of sp³-hybridized carbons (Fsp3) is 0.133. The molecule has 5 nitrogen and oxygen atoms in total. The molecule has 116 valence electrons. The minimum atomic E-state index is -4.43. The van der Waals surface area contributed by atoms with Crippen molar-refractivity contribution < 1.29 is 13.2 Å². The van der Waals surface area contributed by atoms with Crippen molar-refractivity contribution in [3.63, 3.8) is 0 Å². The second-order valence-corrected chi connectivity index (χ2v) is 5.22.